The number of benzene rings is 1. The van der Waals surface area contributed by atoms with Gasteiger partial charge in [0.25, 0.3) is 0 Å². The molecular formula is C14H19BrN2O. The van der Waals surface area contributed by atoms with Crippen molar-refractivity contribution in [3.8, 4) is 0 Å². The molecule has 1 aromatic rings. The molecule has 1 aromatic carbocycles. The van der Waals surface area contributed by atoms with E-state index in [1.54, 1.807) is 6.20 Å². The molecule has 0 saturated heterocycles. The third kappa shape index (κ3) is 4.53. The van der Waals surface area contributed by atoms with Crippen molar-refractivity contribution in [2.45, 2.75) is 27.7 Å². The van der Waals surface area contributed by atoms with Crippen molar-refractivity contribution in [1.29, 1.82) is 0 Å². The molecule has 0 aliphatic heterocycles. The highest BCUT2D eigenvalue weighted by Crippen LogP contribution is 2.19. The van der Waals surface area contributed by atoms with Gasteiger partial charge in [0.15, 0.2) is 0 Å². The molecule has 0 aromatic heterocycles. The molecule has 0 aliphatic carbocycles. The monoisotopic (exact) mass is 310 g/mol. The highest BCUT2D eigenvalue weighted by atomic mass is 79.9. The molecule has 0 saturated carbocycles. The van der Waals surface area contributed by atoms with Crippen LogP contribution in [0.1, 0.15) is 26.3 Å². The van der Waals surface area contributed by atoms with E-state index in [0.29, 0.717) is 5.92 Å². The van der Waals surface area contributed by atoms with Crippen LogP contribution in [0.25, 0.3) is 0 Å². The van der Waals surface area contributed by atoms with Crippen molar-refractivity contribution >= 4 is 27.6 Å². The first-order chi connectivity index (χ1) is 8.40. The quantitative estimate of drug-likeness (QED) is 0.851. The lowest BCUT2D eigenvalue weighted by molar-refractivity contribution is 0.255. The molecule has 3 nitrogen and oxygen atoms in total. The molecule has 1 rings (SSSR count). The minimum atomic E-state index is -0.222. The summed E-state index contributed by atoms with van der Waals surface area (Å²) in [6, 6.07) is 5.51. The fourth-order valence-corrected chi connectivity index (χ4v) is 1.75. The van der Waals surface area contributed by atoms with Gasteiger partial charge in [0, 0.05) is 16.4 Å². The summed E-state index contributed by atoms with van der Waals surface area (Å²) < 4.78 is 1.00. The van der Waals surface area contributed by atoms with Crippen LogP contribution in [0.15, 0.2) is 34.4 Å². The molecule has 0 atom stereocenters. The van der Waals surface area contributed by atoms with E-state index >= 15 is 0 Å². The number of carbonyl (C=O) groups is 1. The minimum Gasteiger partial charge on any atom is -0.314 e. The van der Waals surface area contributed by atoms with E-state index in [2.05, 4.69) is 40.4 Å². The van der Waals surface area contributed by atoms with E-state index in [1.165, 1.54) is 0 Å². The number of nitrogens with one attached hydrogen (secondary N) is 2. The van der Waals surface area contributed by atoms with Crippen LogP contribution in [-0.2, 0) is 0 Å². The topological polar surface area (TPSA) is 41.1 Å². The summed E-state index contributed by atoms with van der Waals surface area (Å²) in [5.41, 5.74) is 2.97. The maximum Gasteiger partial charge on any atom is 0.323 e. The maximum atomic E-state index is 11.7. The lowest BCUT2D eigenvalue weighted by Crippen LogP contribution is -2.25. The summed E-state index contributed by atoms with van der Waals surface area (Å²) in [7, 11) is 0. The molecule has 0 bridgehead atoms. The Labute approximate surface area is 117 Å². The predicted molar refractivity (Wildman–Crippen MR) is 79.6 cm³/mol. The largest absolute Gasteiger partial charge is 0.323 e. The Bertz CT molecular complexity index is 467. The number of urea groups is 1. The van der Waals surface area contributed by atoms with Crippen LogP contribution in [0.2, 0.25) is 0 Å². The minimum absolute atomic E-state index is 0.222. The molecule has 0 aliphatic rings. The van der Waals surface area contributed by atoms with Crippen LogP contribution in [0.4, 0.5) is 10.5 Å². The molecular weight excluding hydrogens is 292 g/mol. The van der Waals surface area contributed by atoms with Crippen LogP contribution >= 0.6 is 15.9 Å². The van der Waals surface area contributed by atoms with Gasteiger partial charge in [-0.15, -0.1) is 0 Å². The van der Waals surface area contributed by atoms with Crippen LogP contribution in [0, 0.1) is 12.8 Å². The molecule has 0 heterocycles. The number of hydrogen-bond donors (Lipinski definition) is 2. The van der Waals surface area contributed by atoms with Crippen LogP contribution < -0.4 is 10.6 Å². The summed E-state index contributed by atoms with van der Waals surface area (Å²) >= 11 is 3.39. The number of hydrogen-bond acceptors (Lipinski definition) is 1. The Morgan fingerprint density at radius 3 is 2.61 bits per heavy atom. The van der Waals surface area contributed by atoms with Crippen molar-refractivity contribution in [3.63, 3.8) is 0 Å². The SMILES string of the molecule is C/C(=C\NC(=O)Nc1ccc(Br)cc1C)C(C)C. The summed E-state index contributed by atoms with van der Waals surface area (Å²) in [5.74, 6) is 0.430. The van der Waals surface area contributed by atoms with Crippen LogP contribution in [0.5, 0.6) is 0 Å². The highest BCUT2D eigenvalue weighted by Gasteiger charge is 2.04. The summed E-state index contributed by atoms with van der Waals surface area (Å²) in [6.07, 6.45) is 1.74. The molecule has 0 fully saturated rings. The lowest BCUT2D eigenvalue weighted by atomic mass is 10.1. The van der Waals surface area contributed by atoms with Gasteiger partial charge in [-0.2, -0.15) is 0 Å². The van der Waals surface area contributed by atoms with E-state index in [0.717, 1.165) is 21.3 Å². The molecule has 2 N–H and O–H groups in total. The number of halogens is 1. The third-order valence-electron chi connectivity index (χ3n) is 2.78. The van der Waals surface area contributed by atoms with E-state index in [1.807, 2.05) is 32.0 Å². The van der Waals surface area contributed by atoms with E-state index < -0.39 is 0 Å². The molecule has 0 spiro atoms. The Morgan fingerprint density at radius 2 is 2.06 bits per heavy atom. The van der Waals surface area contributed by atoms with Gasteiger partial charge in [0.05, 0.1) is 0 Å². The highest BCUT2D eigenvalue weighted by molar-refractivity contribution is 9.10. The van der Waals surface area contributed by atoms with Gasteiger partial charge in [-0.25, -0.2) is 4.79 Å². The standard InChI is InChI=1S/C14H19BrN2O/c1-9(2)11(4)8-16-14(18)17-13-6-5-12(15)7-10(13)3/h5-9H,1-4H3,(H2,16,17,18)/b11-8+. The molecule has 2 amide bonds. The predicted octanol–water partition coefficient (Wildman–Crippen LogP) is 4.44. The Morgan fingerprint density at radius 1 is 1.39 bits per heavy atom. The molecule has 18 heavy (non-hydrogen) atoms. The fraction of sp³-hybridized carbons (Fsp3) is 0.357. The van der Waals surface area contributed by atoms with Crippen LogP contribution in [-0.4, -0.2) is 6.03 Å². The zero-order valence-electron chi connectivity index (χ0n) is 11.2. The summed E-state index contributed by atoms with van der Waals surface area (Å²) in [4.78, 5) is 11.7. The normalized spacial score (nSPS) is 11.6. The molecule has 98 valence electrons. The molecule has 4 heteroatoms. The molecule has 0 radical (unpaired) electrons. The number of carbonyl (C=O) groups excluding carboxylic acids is 1. The summed E-state index contributed by atoms with van der Waals surface area (Å²) in [6.45, 7) is 8.12. The van der Waals surface area contributed by atoms with Gasteiger partial charge >= 0.3 is 6.03 Å². The van der Waals surface area contributed by atoms with Gasteiger partial charge in [-0.05, 0) is 43.5 Å². The Hall–Kier alpha value is -1.29. The van der Waals surface area contributed by atoms with Crippen molar-refractivity contribution < 1.29 is 4.79 Å². The first-order valence-electron chi connectivity index (χ1n) is 5.90. The summed E-state index contributed by atoms with van der Waals surface area (Å²) in [5, 5.41) is 5.55. The number of rotatable bonds is 3. The first-order valence-corrected chi connectivity index (χ1v) is 6.69. The number of anilines is 1. The average molecular weight is 311 g/mol. The Kier molecular flexibility index (Phi) is 5.41. The fourth-order valence-electron chi connectivity index (χ4n) is 1.27. The van der Waals surface area contributed by atoms with Gasteiger partial charge in [-0.3, -0.25) is 0 Å². The smallest absolute Gasteiger partial charge is 0.314 e. The second kappa shape index (κ2) is 6.59. The van der Waals surface area contributed by atoms with Crippen molar-refractivity contribution in [3.05, 3.63) is 40.0 Å². The van der Waals surface area contributed by atoms with Gasteiger partial charge in [0.2, 0.25) is 0 Å². The number of allylic oxidation sites excluding steroid dienone is 1. The molecule has 0 unspecified atom stereocenters. The van der Waals surface area contributed by atoms with Crippen molar-refractivity contribution in [2.75, 3.05) is 5.32 Å². The maximum absolute atomic E-state index is 11.7. The average Bonchev–Trinajstić information content (AvgIpc) is 2.29. The van der Waals surface area contributed by atoms with Gasteiger partial charge < -0.3 is 10.6 Å². The van der Waals surface area contributed by atoms with Crippen molar-refractivity contribution in [2.24, 2.45) is 5.92 Å². The lowest BCUT2D eigenvalue weighted by Gasteiger charge is -2.10. The van der Waals surface area contributed by atoms with E-state index in [9.17, 15) is 4.79 Å². The Balaban J connectivity index is 2.63. The second-order valence-corrected chi connectivity index (χ2v) is 5.52. The first kappa shape index (κ1) is 14.8. The van der Waals surface area contributed by atoms with E-state index in [4.69, 9.17) is 0 Å². The van der Waals surface area contributed by atoms with Gasteiger partial charge in [-0.1, -0.05) is 35.4 Å². The zero-order valence-corrected chi connectivity index (χ0v) is 12.8. The van der Waals surface area contributed by atoms with E-state index in [-0.39, 0.29) is 6.03 Å². The second-order valence-electron chi connectivity index (χ2n) is 4.60. The zero-order chi connectivity index (χ0) is 13.7. The van der Waals surface area contributed by atoms with Crippen LogP contribution in [0.3, 0.4) is 0 Å². The van der Waals surface area contributed by atoms with Crippen molar-refractivity contribution in [1.82, 2.24) is 5.32 Å². The number of amides is 2. The number of aryl methyl sites for hydroxylation is 1. The van der Waals surface area contributed by atoms with Gasteiger partial charge in [0.1, 0.15) is 0 Å². The third-order valence-corrected chi connectivity index (χ3v) is 3.27.